The summed E-state index contributed by atoms with van der Waals surface area (Å²) >= 11 is 3.13. The summed E-state index contributed by atoms with van der Waals surface area (Å²) in [6, 6.07) is 3.80. The predicted octanol–water partition coefficient (Wildman–Crippen LogP) is 3.08. The predicted molar refractivity (Wildman–Crippen MR) is 81.5 cm³/mol. The molecule has 0 bridgehead atoms. The van der Waals surface area contributed by atoms with Gasteiger partial charge in [-0.3, -0.25) is 4.98 Å². The molecule has 0 radical (unpaired) electrons. The van der Waals surface area contributed by atoms with E-state index in [1.807, 2.05) is 18.5 Å². The highest BCUT2D eigenvalue weighted by molar-refractivity contribution is 7.99. The van der Waals surface area contributed by atoms with Gasteiger partial charge in [0.1, 0.15) is 10.8 Å². The van der Waals surface area contributed by atoms with Crippen LogP contribution >= 0.6 is 23.5 Å². The Bertz CT molecular complexity index is 587. The number of aromatic nitrogens is 3. The molecule has 0 aliphatic heterocycles. The van der Waals surface area contributed by atoms with E-state index in [1.54, 1.807) is 29.6 Å². The molecule has 6 heteroatoms. The second kappa shape index (κ2) is 6.25. The first-order chi connectivity index (χ1) is 9.10. The van der Waals surface area contributed by atoms with Crippen molar-refractivity contribution in [2.45, 2.75) is 29.8 Å². The summed E-state index contributed by atoms with van der Waals surface area (Å²) in [7, 11) is 0. The van der Waals surface area contributed by atoms with Crippen LogP contribution in [0.15, 0.2) is 28.5 Å². The van der Waals surface area contributed by atoms with Crippen LogP contribution in [0.2, 0.25) is 0 Å². The summed E-state index contributed by atoms with van der Waals surface area (Å²) in [5.41, 5.74) is 9.32. The zero-order chi connectivity index (χ0) is 13.8. The van der Waals surface area contributed by atoms with Crippen LogP contribution in [0.3, 0.4) is 0 Å². The number of hydrogen-bond acceptors (Lipinski definition) is 6. The van der Waals surface area contributed by atoms with Gasteiger partial charge in [-0.1, -0.05) is 11.8 Å². The lowest BCUT2D eigenvalue weighted by Crippen LogP contribution is -1.98. The van der Waals surface area contributed by atoms with Gasteiger partial charge in [0.2, 0.25) is 0 Å². The molecular formula is C13H16N4S2. The van der Waals surface area contributed by atoms with Crippen molar-refractivity contribution in [3.05, 3.63) is 35.2 Å². The number of anilines is 1. The Morgan fingerprint density at radius 3 is 2.79 bits per heavy atom. The van der Waals surface area contributed by atoms with Crippen molar-refractivity contribution >= 4 is 29.3 Å². The zero-order valence-corrected chi connectivity index (χ0v) is 12.8. The van der Waals surface area contributed by atoms with Gasteiger partial charge in [-0.05, 0) is 37.3 Å². The highest BCUT2D eigenvalue weighted by atomic mass is 32.2. The smallest absolute Gasteiger partial charge is 0.190 e. The van der Waals surface area contributed by atoms with Gasteiger partial charge in [-0.25, -0.2) is 9.97 Å². The van der Waals surface area contributed by atoms with Crippen molar-refractivity contribution in [2.24, 2.45) is 0 Å². The molecule has 2 aromatic rings. The number of nitrogens with zero attached hydrogens (tertiary/aromatic N) is 3. The molecular weight excluding hydrogens is 276 g/mol. The fraction of sp³-hybridized carbons (Fsp3) is 0.308. The van der Waals surface area contributed by atoms with Crippen LogP contribution < -0.4 is 5.73 Å². The molecule has 0 saturated carbocycles. The Kier molecular flexibility index (Phi) is 4.66. The Balaban J connectivity index is 2.14. The monoisotopic (exact) mass is 292 g/mol. The zero-order valence-electron chi connectivity index (χ0n) is 11.2. The normalized spacial score (nSPS) is 10.7. The van der Waals surface area contributed by atoms with Crippen LogP contribution in [0.25, 0.3) is 0 Å². The number of hydrogen-bond donors (Lipinski definition) is 1. The fourth-order valence-electron chi connectivity index (χ4n) is 1.56. The van der Waals surface area contributed by atoms with E-state index in [4.69, 9.17) is 5.73 Å². The molecule has 2 heterocycles. The molecule has 19 heavy (non-hydrogen) atoms. The first kappa shape index (κ1) is 14.1. The average molecular weight is 292 g/mol. The van der Waals surface area contributed by atoms with Crippen LogP contribution in [0, 0.1) is 13.8 Å². The molecule has 0 aliphatic carbocycles. The Labute approximate surface area is 121 Å². The summed E-state index contributed by atoms with van der Waals surface area (Å²) in [6.45, 7) is 4.18. The molecule has 0 atom stereocenters. The summed E-state index contributed by atoms with van der Waals surface area (Å²) < 4.78 is 0. The number of nitrogens with two attached hydrogens (primary N) is 1. The maximum atomic E-state index is 5.76. The topological polar surface area (TPSA) is 64.7 Å². The number of nitrogen functional groups attached to an aromatic ring is 1. The number of thioether (sulfide) groups is 2. The maximum absolute atomic E-state index is 5.76. The molecule has 4 nitrogen and oxygen atoms in total. The second-order valence-corrected chi connectivity index (χ2v) is 5.87. The Hall–Kier alpha value is -1.27. The molecule has 0 unspecified atom stereocenters. The van der Waals surface area contributed by atoms with E-state index in [0.717, 1.165) is 16.5 Å². The van der Waals surface area contributed by atoms with Crippen LogP contribution in [-0.4, -0.2) is 21.2 Å². The maximum Gasteiger partial charge on any atom is 0.190 e. The van der Waals surface area contributed by atoms with Crippen molar-refractivity contribution < 1.29 is 0 Å². The standard InChI is InChI=1S/C13H16N4S2/c1-8-4-5-15-10(9(8)2)7-19-13-16-11(14)6-12(17-13)18-3/h4-6H,7H2,1-3H3,(H2,14,16,17). The fourth-order valence-corrected chi connectivity index (χ4v) is 2.92. The quantitative estimate of drug-likeness (QED) is 0.531. The van der Waals surface area contributed by atoms with Gasteiger partial charge in [0.25, 0.3) is 0 Å². The second-order valence-electron chi connectivity index (χ2n) is 4.11. The molecule has 0 saturated heterocycles. The van der Waals surface area contributed by atoms with Crippen LogP contribution in [0.4, 0.5) is 5.82 Å². The highest BCUT2D eigenvalue weighted by Crippen LogP contribution is 2.24. The molecule has 0 fully saturated rings. The third-order valence-corrected chi connectivity index (χ3v) is 4.31. The minimum absolute atomic E-state index is 0.510. The lowest BCUT2D eigenvalue weighted by Gasteiger charge is -2.07. The third-order valence-electron chi connectivity index (χ3n) is 2.83. The van der Waals surface area contributed by atoms with Crippen molar-refractivity contribution in [3.63, 3.8) is 0 Å². The number of rotatable bonds is 4. The molecule has 0 aromatic carbocycles. The van der Waals surface area contributed by atoms with Crippen LogP contribution in [0.1, 0.15) is 16.8 Å². The SMILES string of the molecule is CSc1cc(N)nc(SCc2nccc(C)c2C)n1. The van der Waals surface area contributed by atoms with Crippen molar-refractivity contribution in [1.29, 1.82) is 0 Å². The van der Waals surface area contributed by atoms with E-state index in [1.165, 1.54) is 11.1 Å². The first-order valence-corrected chi connectivity index (χ1v) is 8.03. The van der Waals surface area contributed by atoms with Crippen molar-refractivity contribution in [3.8, 4) is 0 Å². The largest absolute Gasteiger partial charge is 0.384 e. The van der Waals surface area contributed by atoms with E-state index in [9.17, 15) is 0 Å². The van der Waals surface area contributed by atoms with E-state index >= 15 is 0 Å². The summed E-state index contributed by atoms with van der Waals surface area (Å²) in [5.74, 6) is 1.26. The van der Waals surface area contributed by atoms with Crippen molar-refractivity contribution in [2.75, 3.05) is 12.0 Å². The van der Waals surface area contributed by atoms with Gasteiger partial charge >= 0.3 is 0 Å². The number of aryl methyl sites for hydroxylation is 1. The lowest BCUT2D eigenvalue weighted by molar-refractivity contribution is 0.899. The van der Waals surface area contributed by atoms with Gasteiger partial charge in [0.15, 0.2) is 5.16 Å². The first-order valence-electron chi connectivity index (χ1n) is 5.82. The van der Waals surface area contributed by atoms with E-state index in [-0.39, 0.29) is 0 Å². The molecule has 0 aliphatic rings. The molecule has 0 spiro atoms. The molecule has 2 rings (SSSR count). The van der Waals surface area contributed by atoms with Gasteiger partial charge in [-0.2, -0.15) is 0 Å². The Morgan fingerprint density at radius 1 is 1.26 bits per heavy atom. The van der Waals surface area contributed by atoms with E-state index in [2.05, 4.69) is 28.8 Å². The third kappa shape index (κ3) is 3.61. The molecule has 2 N–H and O–H groups in total. The number of pyridine rings is 1. The Morgan fingerprint density at radius 2 is 2.05 bits per heavy atom. The minimum atomic E-state index is 0.510. The summed E-state index contributed by atoms with van der Waals surface area (Å²) in [6.07, 6.45) is 3.81. The van der Waals surface area contributed by atoms with Gasteiger partial charge in [-0.15, -0.1) is 11.8 Å². The van der Waals surface area contributed by atoms with E-state index in [0.29, 0.717) is 11.0 Å². The van der Waals surface area contributed by atoms with Gasteiger partial charge in [0, 0.05) is 18.0 Å². The minimum Gasteiger partial charge on any atom is -0.384 e. The molecule has 100 valence electrons. The van der Waals surface area contributed by atoms with Gasteiger partial charge in [0.05, 0.1) is 5.69 Å². The summed E-state index contributed by atoms with van der Waals surface area (Å²) in [4.78, 5) is 13.1. The van der Waals surface area contributed by atoms with Crippen LogP contribution in [0.5, 0.6) is 0 Å². The summed E-state index contributed by atoms with van der Waals surface area (Å²) in [5, 5.41) is 1.59. The lowest BCUT2D eigenvalue weighted by atomic mass is 10.1. The van der Waals surface area contributed by atoms with Crippen LogP contribution in [-0.2, 0) is 5.75 Å². The average Bonchev–Trinajstić information content (AvgIpc) is 2.40. The highest BCUT2D eigenvalue weighted by Gasteiger charge is 2.07. The molecule has 2 aromatic heterocycles. The van der Waals surface area contributed by atoms with E-state index < -0.39 is 0 Å². The van der Waals surface area contributed by atoms with Gasteiger partial charge < -0.3 is 5.73 Å². The molecule has 0 amide bonds. The van der Waals surface area contributed by atoms with Crippen molar-refractivity contribution in [1.82, 2.24) is 15.0 Å².